The Kier molecular flexibility index (Phi) is 5.13. The molecule has 2 heterocycles. The number of hydrogen-bond donors (Lipinski definition) is 1. The van der Waals surface area contributed by atoms with Crippen molar-refractivity contribution < 1.29 is 22.3 Å². The Balaban J connectivity index is 1.88. The fourth-order valence-corrected chi connectivity index (χ4v) is 4.53. The molecule has 2 aromatic rings. The average molecular weight is 385 g/mol. The first-order valence-electron chi connectivity index (χ1n) is 7.49. The number of carbonyl (C=O) groups is 1. The number of rotatable bonds is 4. The smallest absolute Gasteiger partial charge is 0.257 e. The highest BCUT2D eigenvalue weighted by Gasteiger charge is 2.29. The monoisotopic (exact) mass is 385 g/mol. The van der Waals surface area contributed by atoms with Gasteiger partial charge in [-0.2, -0.15) is 4.31 Å². The van der Waals surface area contributed by atoms with Crippen molar-refractivity contribution in [2.24, 2.45) is 0 Å². The van der Waals surface area contributed by atoms with Crippen LogP contribution in [0.4, 0.5) is 9.52 Å². The number of aromatic nitrogens is 1. The summed E-state index contributed by atoms with van der Waals surface area (Å²) in [6.45, 7) is 2.60. The molecule has 134 valence electrons. The molecule has 10 heteroatoms. The second-order valence-corrected chi connectivity index (χ2v) is 8.17. The van der Waals surface area contributed by atoms with Crippen LogP contribution in [0, 0.1) is 12.7 Å². The number of morpholine rings is 1. The lowest BCUT2D eigenvalue weighted by atomic mass is 10.2. The zero-order chi connectivity index (χ0) is 18.0. The van der Waals surface area contributed by atoms with Crippen LogP contribution in [0.2, 0.25) is 0 Å². The van der Waals surface area contributed by atoms with Crippen LogP contribution in [0.1, 0.15) is 16.1 Å². The van der Waals surface area contributed by atoms with Gasteiger partial charge in [0.15, 0.2) is 5.13 Å². The van der Waals surface area contributed by atoms with E-state index in [1.54, 1.807) is 12.3 Å². The number of thiazole rings is 1. The minimum absolute atomic E-state index is 0.0427. The third-order valence-electron chi connectivity index (χ3n) is 3.62. The number of carbonyl (C=O) groups excluding carboxylic acids is 1. The van der Waals surface area contributed by atoms with Gasteiger partial charge in [-0.25, -0.2) is 17.8 Å². The van der Waals surface area contributed by atoms with E-state index in [4.69, 9.17) is 4.74 Å². The van der Waals surface area contributed by atoms with Crippen LogP contribution in [-0.2, 0) is 14.8 Å². The first-order chi connectivity index (χ1) is 11.9. The van der Waals surface area contributed by atoms with Crippen LogP contribution in [0.25, 0.3) is 0 Å². The van der Waals surface area contributed by atoms with E-state index >= 15 is 0 Å². The fraction of sp³-hybridized carbons (Fsp3) is 0.333. The van der Waals surface area contributed by atoms with Crippen LogP contribution in [0.15, 0.2) is 28.5 Å². The summed E-state index contributed by atoms with van der Waals surface area (Å²) in [6.07, 6.45) is 0. The number of nitrogens with one attached hydrogen (secondary N) is 1. The van der Waals surface area contributed by atoms with Crippen molar-refractivity contribution in [1.29, 1.82) is 0 Å². The summed E-state index contributed by atoms with van der Waals surface area (Å²) < 4.78 is 45.7. The molecule has 1 aromatic heterocycles. The van der Waals surface area contributed by atoms with E-state index in [2.05, 4.69) is 10.3 Å². The minimum Gasteiger partial charge on any atom is -0.379 e. The lowest BCUT2D eigenvalue weighted by Gasteiger charge is -2.26. The number of ether oxygens (including phenoxy) is 1. The highest BCUT2D eigenvalue weighted by atomic mass is 32.2. The Hall–Kier alpha value is -1.88. The molecule has 1 saturated heterocycles. The van der Waals surface area contributed by atoms with Crippen LogP contribution < -0.4 is 5.32 Å². The van der Waals surface area contributed by atoms with Gasteiger partial charge in [-0.3, -0.25) is 10.1 Å². The molecule has 1 aliphatic heterocycles. The summed E-state index contributed by atoms with van der Waals surface area (Å²) >= 11 is 1.25. The fourth-order valence-electron chi connectivity index (χ4n) is 2.35. The predicted octanol–water partition coefficient (Wildman–Crippen LogP) is 1.86. The van der Waals surface area contributed by atoms with E-state index in [-0.39, 0.29) is 31.9 Å². The zero-order valence-electron chi connectivity index (χ0n) is 13.4. The first-order valence-corrected chi connectivity index (χ1v) is 9.81. The molecular formula is C15H16FN3O4S2. The van der Waals surface area contributed by atoms with E-state index in [0.29, 0.717) is 5.13 Å². The molecule has 0 unspecified atom stereocenters. The second kappa shape index (κ2) is 7.16. The zero-order valence-corrected chi connectivity index (χ0v) is 15.0. The molecule has 7 nitrogen and oxygen atoms in total. The van der Waals surface area contributed by atoms with E-state index in [1.165, 1.54) is 17.4 Å². The number of sulfonamides is 1. The summed E-state index contributed by atoms with van der Waals surface area (Å²) in [5, 5.41) is 4.74. The minimum atomic E-state index is -4.03. The number of aryl methyl sites for hydroxylation is 1. The van der Waals surface area contributed by atoms with Gasteiger partial charge < -0.3 is 4.74 Å². The van der Waals surface area contributed by atoms with Crippen molar-refractivity contribution in [3.63, 3.8) is 0 Å². The van der Waals surface area contributed by atoms with Crippen LogP contribution in [0.5, 0.6) is 0 Å². The van der Waals surface area contributed by atoms with E-state index < -0.39 is 26.6 Å². The topological polar surface area (TPSA) is 88.6 Å². The summed E-state index contributed by atoms with van der Waals surface area (Å²) in [6, 6.07) is 3.27. The number of halogens is 1. The number of amides is 1. The van der Waals surface area contributed by atoms with Crippen molar-refractivity contribution in [1.82, 2.24) is 9.29 Å². The van der Waals surface area contributed by atoms with Gasteiger partial charge in [-0.15, -0.1) is 11.3 Å². The highest BCUT2D eigenvalue weighted by molar-refractivity contribution is 7.89. The third-order valence-corrected chi connectivity index (χ3v) is 6.41. The summed E-state index contributed by atoms with van der Waals surface area (Å²) in [5.74, 6) is -1.44. The van der Waals surface area contributed by atoms with Gasteiger partial charge in [0, 0.05) is 24.0 Å². The first kappa shape index (κ1) is 17.9. The van der Waals surface area contributed by atoms with Crippen LogP contribution in [-0.4, -0.2) is 49.9 Å². The van der Waals surface area contributed by atoms with Gasteiger partial charge in [0.1, 0.15) is 10.7 Å². The molecule has 1 fully saturated rings. The molecule has 3 rings (SSSR count). The van der Waals surface area contributed by atoms with Crippen molar-refractivity contribution >= 4 is 32.4 Å². The molecule has 0 bridgehead atoms. The molecule has 25 heavy (non-hydrogen) atoms. The van der Waals surface area contributed by atoms with Crippen molar-refractivity contribution in [2.45, 2.75) is 11.8 Å². The Labute approximate surface area is 148 Å². The number of benzene rings is 1. The van der Waals surface area contributed by atoms with Gasteiger partial charge in [-0.1, -0.05) is 0 Å². The maximum Gasteiger partial charge on any atom is 0.257 e. The number of nitrogens with zero attached hydrogens (tertiary/aromatic N) is 2. The maximum absolute atomic E-state index is 14.1. The number of anilines is 1. The molecule has 0 radical (unpaired) electrons. The van der Waals surface area contributed by atoms with Crippen LogP contribution >= 0.6 is 11.3 Å². The largest absolute Gasteiger partial charge is 0.379 e. The SMILES string of the molecule is Cc1csc(NC(=O)c2ccc(F)c(S(=O)(=O)N3CCOCC3)c2)n1. The van der Waals surface area contributed by atoms with Crippen LogP contribution in [0.3, 0.4) is 0 Å². The summed E-state index contributed by atoms with van der Waals surface area (Å²) in [4.78, 5) is 15.9. The quantitative estimate of drug-likeness (QED) is 0.868. The molecule has 1 aliphatic rings. The molecule has 0 spiro atoms. The van der Waals surface area contributed by atoms with Gasteiger partial charge in [-0.05, 0) is 25.1 Å². The predicted molar refractivity (Wildman–Crippen MR) is 90.8 cm³/mol. The van der Waals surface area contributed by atoms with Crippen molar-refractivity contribution in [3.8, 4) is 0 Å². The molecule has 1 aromatic carbocycles. The molecule has 1 N–H and O–H groups in total. The summed E-state index contributed by atoms with van der Waals surface area (Å²) in [5.41, 5.74) is 0.802. The van der Waals surface area contributed by atoms with Crippen molar-refractivity contribution in [2.75, 3.05) is 31.6 Å². The Bertz CT molecular complexity index is 892. The normalized spacial score (nSPS) is 15.9. The highest BCUT2D eigenvalue weighted by Crippen LogP contribution is 2.23. The Morgan fingerprint density at radius 1 is 1.36 bits per heavy atom. The van der Waals surface area contributed by atoms with Gasteiger partial charge in [0.25, 0.3) is 5.91 Å². The molecule has 1 amide bonds. The van der Waals surface area contributed by atoms with E-state index in [9.17, 15) is 17.6 Å². The lowest BCUT2D eigenvalue weighted by Crippen LogP contribution is -2.41. The average Bonchev–Trinajstić information content (AvgIpc) is 3.00. The Morgan fingerprint density at radius 2 is 2.08 bits per heavy atom. The standard InChI is InChI=1S/C15H16FN3O4S2/c1-10-9-24-15(17-10)18-14(20)11-2-3-12(16)13(8-11)25(21,22)19-4-6-23-7-5-19/h2-3,8-9H,4-7H2,1H3,(H,17,18,20). The molecule has 0 saturated carbocycles. The number of hydrogen-bond acceptors (Lipinski definition) is 6. The second-order valence-electron chi connectivity index (χ2n) is 5.41. The summed E-state index contributed by atoms with van der Waals surface area (Å²) in [7, 11) is -4.03. The van der Waals surface area contributed by atoms with E-state index in [0.717, 1.165) is 22.1 Å². The molecule has 0 aliphatic carbocycles. The van der Waals surface area contributed by atoms with Gasteiger partial charge in [0.2, 0.25) is 10.0 Å². The lowest BCUT2D eigenvalue weighted by molar-refractivity contribution is 0.0729. The maximum atomic E-state index is 14.1. The molecule has 0 atom stereocenters. The molecular weight excluding hydrogens is 369 g/mol. The van der Waals surface area contributed by atoms with Crippen molar-refractivity contribution in [3.05, 3.63) is 40.7 Å². The Morgan fingerprint density at radius 3 is 2.72 bits per heavy atom. The van der Waals surface area contributed by atoms with Gasteiger partial charge >= 0.3 is 0 Å². The third kappa shape index (κ3) is 3.87. The van der Waals surface area contributed by atoms with Gasteiger partial charge in [0.05, 0.1) is 18.9 Å². The van der Waals surface area contributed by atoms with E-state index in [1.807, 2.05) is 0 Å².